The zero-order chi connectivity index (χ0) is 14.3. The van der Waals surface area contributed by atoms with Gasteiger partial charge >= 0.3 is 0 Å². The number of hydrogen-bond acceptors (Lipinski definition) is 3. The summed E-state index contributed by atoms with van der Waals surface area (Å²) in [4.78, 5) is 14.1. The third kappa shape index (κ3) is 5.75. The Morgan fingerprint density at radius 2 is 1.95 bits per heavy atom. The van der Waals surface area contributed by atoms with Crippen LogP contribution < -0.4 is 11.1 Å². The van der Waals surface area contributed by atoms with Crippen molar-refractivity contribution >= 4 is 17.3 Å². The molecule has 0 saturated carbocycles. The van der Waals surface area contributed by atoms with E-state index in [1.165, 1.54) is 0 Å². The lowest BCUT2D eigenvalue weighted by molar-refractivity contribution is -0.116. The fraction of sp³-hybridized carbons (Fsp3) is 0.533. The van der Waals surface area contributed by atoms with Crippen molar-refractivity contribution in [2.45, 2.75) is 39.7 Å². The molecule has 0 aliphatic heterocycles. The van der Waals surface area contributed by atoms with Gasteiger partial charge in [0.2, 0.25) is 5.91 Å². The summed E-state index contributed by atoms with van der Waals surface area (Å²) >= 11 is 0. The highest BCUT2D eigenvalue weighted by atomic mass is 16.1. The highest BCUT2D eigenvalue weighted by Crippen LogP contribution is 2.11. The molecule has 0 heterocycles. The lowest BCUT2D eigenvalue weighted by Gasteiger charge is -2.24. The number of rotatable bonds is 7. The molecule has 1 aromatic carbocycles. The van der Waals surface area contributed by atoms with E-state index in [1.54, 1.807) is 12.1 Å². The molecule has 0 spiro atoms. The Morgan fingerprint density at radius 1 is 1.32 bits per heavy atom. The number of nitrogen functional groups attached to an aromatic ring is 1. The third-order valence-corrected chi connectivity index (χ3v) is 3.18. The largest absolute Gasteiger partial charge is 0.399 e. The number of nitrogens with one attached hydrogen (secondary N) is 1. The Hall–Kier alpha value is -1.55. The Bertz CT molecular complexity index is 387. The lowest BCUT2D eigenvalue weighted by atomic mass is 10.2. The first-order valence-electron chi connectivity index (χ1n) is 6.92. The minimum absolute atomic E-state index is 0.0598. The van der Waals surface area contributed by atoms with Gasteiger partial charge in [-0.15, -0.1) is 0 Å². The van der Waals surface area contributed by atoms with Crippen LogP contribution in [0.3, 0.4) is 0 Å². The first kappa shape index (κ1) is 15.5. The van der Waals surface area contributed by atoms with E-state index in [-0.39, 0.29) is 5.91 Å². The molecule has 0 fully saturated rings. The molecule has 1 amide bonds. The molecule has 19 heavy (non-hydrogen) atoms. The fourth-order valence-electron chi connectivity index (χ4n) is 2.01. The fourth-order valence-corrected chi connectivity index (χ4v) is 2.01. The molecule has 0 unspecified atom stereocenters. The van der Waals surface area contributed by atoms with Gasteiger partial charge in [0.25, 0.3) is 0 Å². The molecule has 4 heteroatoms. The number of hydrogen-bond donors (Lipinski definition) is 2. The minimum atomic E-state index is 0.0598. The molecule has 0 bridgehead atoms. The third-order valence-electron chi connectivity index (χ3n) is 3.18. The summed E-state index contributed by atoms with van der Waals surface area (Å²) in [5.74, 6) is 0.0598. The van der Waals surface area contributed by atoms with Crippen LogP contribution in [0.15, 0.2) is 24.3 Å². The second-order valence-corrected chi connectivity index (χ2v) is 5.00. The van der Waals surface area contributed by atoms with Crippen LogP contribution in [0.5, 0.6) is 0 Å². The molecule has 0 aliphatic rings. The van der Waals surface area contributed by atoms with Crippen LogP contribution in [0.4, 0.5) is 11.4 Å². The van der Waals surface area contributed by atoms with Crippen molar-refractivity contribution in [3.8, 4) is 0 Å². The molecular weight excluding hydrogens is 238 g/mol. The SMILES string of the molecule is CCN(CCCC(=O)Nc1ccc(N)cc1)C(C)C. The molecule has 0 radical (unpaired) electrons. The van der Waals surface area contributed by atoms with Crippen LogP contribution in [0, 0.1) is 0 Å². The van der Waals surface area contributed by atoms with Crippen LogP contribution in [-0.4, -0.2) is 29.9 Å². The number of amides is 1. The van der Waals surface area contributed by atoms with Gasteiger partial charge in [-0.2, -0.15) is 0 Å². The maximum atomic E-state index is 11.8. The smallest absolute Gasteiger partial charge is 0.224 e. The topological polar surface area (TPSA) is 58.4 Å². The summed E-state index contributed by atoms with van der Waals surface area (Å²) in [5, 5.41) is 2.88. The van der Waals surface area contributed by atoms with Crippen molar-refractivity contribution in [2.75, 3.05) is 24.1 Å². The second kappa shape index (κ2) is 7.79. The van der Waals surface area contributed by atoms with Gasteiger partial charge in [0.15, 0.2) is 0 Å². The summed E-state index contributed by atoms with van der Waals surface area (Å²) in [6, 6.07) is 7.74. The van der Waals surface area contributed by atoms with Gasteiger partial charge in [0.1, 0.15) is 0 Å². The Kier molecular flexibility index (Phi) is 6.36. The molecule has 0 aromatic heterocycles. The first-order valence-corrected chi connectivity index (χ1v) is 6.92. The summed E-state index contributed by atoms with van der Waals surface area (Å²) < 4.78 is 0. The Balaban J connectivity index is 2.30. The molecule has 4 nitrogen and oxygen atoms in total. The second-order valence-electron chi connectivity index (χ2n) is 5.00. The van der Waals surface area contributed by atoms with E-state index in [0.29, 0.717) is 18.2 Å². The maximum Gasteiger partial charge on any atom is 0.224 e. The number of anilines is 2. The average Bonchev–Trinajstić information content (AvgIpc) is 2.37. The van der Waals surface area contributed by atoms with Crippen molar-refractivity contribution in [3.05, 3.63) is 24.3 Å². The zero-order valence-electron chi connectivity index (χ0n) is 12.1. The Morgan fingerprint density at radius 3 is 2.47 bits per heavy atom. The molecule has 1 rings (SSSR count). The Labute approximate surface area is 116 Å². The summed E-state index contributed by atoms with van der Waals surface area (Å²) in [6.07, 6.45) is 1.43. The summed E-state index contributed by atoms with van der Waals surface area (Å²) in [7, 11) is 0. The van der Waals surface area contributed by atoms with Crippen LogP contribution in [0.2, 0.25) is 0 Å². The van der Waals surface area contributed by atoms with E-state index < -0.39 is 0 Å². The first-order chi connectivity index (χ1) is 9.02. The molecule has 106 valence electrons. The quantitative estimate of drug-likeness (QED) is 0.744. The van der Waals surface area contributed by atoms with Gasteiger partial charge in [0, 0.05) is 23.8 Å². The van der Waals surface area contributed by atoms with Gasteiger partial charge in [-0.1, -0.05) is 6.92 Å². The molecule has 0 aliphatic carbocycles. The maximum absolute atomic E-state index is 11.8. The number of carbonyl (C=O) groups is 1. The van der Waals surface area contributed by atoms with Gasteiger partial charge in [-0.3, -0.25) is 4.79 Å². The van der Waals surface area contributed by atoms with E-state index in [0.717, 1.165) is 25.2 Å². The van der Waals surface area contributed by atoms with E-state index in [4.69, 9.17) is 5.73 Å². The van der Waals surface area contributed by atoms with Crippen LogP contribution in [0.1, 0.15) is 33.6 Å². The normalized spacial score (nSPS) is 11.0. The van der Waals surface area contributed by atoms with Gasteiger partial charge in [-0.05, 0) is 57.6 Å². The molecule has 0 saturated heterocycles. The van der Waals surface area contributed by atoms with Gasteiger partial charge in [-0.25, -0.2) is 0 Å². The van der Waals surface area contributed by atoms with Crippen LogP contribution in [0.25, 0.3) is 0 Å². The molecule has 1 aromatic rings. The lowest BCUT2D eigenvalue weighted by Crippen LogP contribution is -2.32. The predicted octanol–water partition coefficient (Wildman–Crippen LogP) is 2.72. The van der Waals surface area contributed by atoms with E-state index in [1.807, 2.05) is 12.1 Å². The monoisotopic (exact) mass is 263 g/mol. The van der Waals surface area contributed by atoms with Crippen LogP contribution >= 0.6 is 0 Å². The van der Waals surface area contributed by atoms with Gasteiger partial charge in [0.05, 0.1) is 0 Å². The number of nitrogens with two attached hydrogens (primary N) is 1. The van der Waals surface area contributed by atoms with E-state index >= 15 is 0 Å². The zero-order valence-corrected chi connectivity index (χ0v) is 12.1. The standard InChI is InChI=1S/C15H25N3O/c1-4-18(12(2)3)11-5-6-15(19)17-14-9-7-13(16)8-10-14/h7-10,12H,4-6,11,16H2,1-3H3,(H,17,19). The van der Waals surface area contributed by atoms with Crippen molar-refractivity contribution in [1.29, 1.82) is 0 Å². The number of nitrogens with zero attached hydrogens (tertiary/aromatic N) is 1. The van der Waals surface area contributed by atoms with Crippen LogP contribution in [-0.2, 0) is 4.79 Å². The molecule has 0 atom stereocenters. The highest BCUT2D eigenvalue weighted by Gasteiger charge is 2.08. The van der Waals surface area contributed by atoms with E-state index in [2.05, 4.69) is 31.0 Å². The highest BCUT2D eigenvalue weighted by molar-refractivity contribution is 5.90. The number of carbonyl (C=O) groups excluding carboxylic acids is 1. The molecular formula is C15H25N3O. The van der Waals surface area contributed by atoms with E-state index in [9.17, 15) is 4.79 Å². The average molecular weight is 263 g/mol. The summed E-state index contributed by atoms with van der Waals surface area (Å²) in [5.41, 5.74) is 7.10. The van der Waals surface area contributed by atoms with Crippen molar-refractivity contribution in [3.63, 3.8) is 0 Å². The van der Waals surface area contributed by atoms with Crippen molar-refractivity contribution < 1.29 is 4.79 Å². The summed E-state index contributed by atoms with van der Waals surface area (Å²) in [6.45, 7) is 8.49. The number of benzene rings is 1. The predicted molar refractivity (Wildman–Crippen MR) is 81.1 cm³/mol. The molecule has 3 N–H and O–H groups in total. The van der Waals surface area contributed by atoms with Crippen molar-refractivity contribution in [1.82, 2.24) is 4.90 Å². The minimum Gasteiger partial charge on any atom is -0.399 e. The van der Waals surface area contributed by atoms with Crippen molar-refractivity contribution in [2.24, 2.45) is 0 Å². The van der Waals surface area contributed by atoms with Gasteiger partial charge < -0.3 is 16.0 Å².